The molecule has 1 aliphatic rings. The lowest BCUT2D eigenvalue weighted by atomic mass is 9.79. The predicted octanol–water partition coefficient (Wildman–Crippen LogP) is 3.09. The SMILES string of the molecule is CCC1(C)CCN(S(=O)(=O)c2ccc(C(C)=O)cc2)CC1. The molecule has 21 heavy (non-hydrogen) atoms. The molecule has 0 aliphatic carbocycles. The van der Waals surface area contributed by atoms with E-state index in [1.807, 2.05) is 0 Å². The molecule has 5 heteroatoms. The second-order valence-electron chi connectivity index (χ2n) is 6.15. The van der Waals surface area contributed by atoms with E-state index in [9.17, 15) is 13.2 Å². The molecule has 1 aliphatic heterocycles. The molecular formula is C16H23NO3S. The van der Waals surface area contributed by atoms with Crippen LogP contribution in [0.5, 0.6) is 0 Å². The fourth-order valence-corrected chi connectivity index (χ4v) is 4.07. The Labute approximate surface area is 127 Å². The van der Waals surface area contributed by atoms with Gasteiger partial charge in [-0.25, -0.2) is 8.42 Å². The lowest BCUT2D eigenvalue weighted by Crippen LogP contribution is -2.41. The zero-order valence-corrected chi connectivity index (χ0v) is 13.7. The van der Waals surface area contributed by atoms with Crippen LogP contribution in [0.1, 0.15) is 50.4 Å². The molecule has 4 nitrogen and oxygen atoms in total. The quantitative estimate of drug-likeness (QED) is 0.803. The summed E-state index contributed by atoms with van der Waals surface area (Å²) < 4.78 is 26.8. The number of rotatable bonds is 4. The van der Waals surface area contributed by atoms with Crippen molar-refractivity contribution in [2.24, 2.45) is 5.41 Å². The number of nitrogens with zero attached hydrogens (tertiary/aromatic N) is 1. The first kappa shape index (κ1) is 16.2. The maximum atomic E-state index is 12.6. The average Bonchev–Trinajstić information content (AvgIpc) is 2.48. The molecule has 0 unspecified atom stereocenters. The van der Waals surface area contributed by atoms with Gasteiger partial charge in [-0.15, -0.1) is 0 Å². The Bertz CT molecular complexity index is 611. The van der Waals surface area contributed by atoms with Crippen LogP contribution in [0.15, 0.2) is 29.2 Å². The Balaban J connectivity index is 2.17. The fourth-order valence-electron chi connectivity index (χ4n) is 2.63. The molecule has 0 amide bonds. The highest BCUT2D eigenvalue weighted by Gasteiger charge is 2.34. The third kappa shape index (κ3) is 3.35. The van der Waals surface area contributed by atoms with Crippen molar-refractivity contribution in [3.8, 4) is 0 Å². The molecule has 0 spiro atoms. The van der Waals surface area contributed by atoms with Crippen molar-refractivity contribution in [3.63, 3.8) is 0 Å². The van der Waals surface area contributed by atoms with Gasteiger partial charge in [0.2, 0.25) is 10.0 Å². The van der Waals surface area contributed by atoms with Crippen LogP contribution in [0.4, 0.5) is 0 Å². The minimum Gasteiger partial charge on any atom is -0.295 e. The van der Waals surface area contributed by atoms with Gasteiger partial charge in [0, 0.05) is 18.7 Å². The minimum atomic E-state index is -3.44. The molecule has 1 saturated heterocycles. The van der Waals surface area contributed by atoms with E-state index in [1.165, 1.54) is 19.1 Å². The van der Waals surface area contributed by atoms with E-state index in [4.69, 9.17) is 0 Å². The normalized spacial score (nSPS) is 19.4. The van der Waals surface area contributed by atoms with Crippen LogP contribution >= 0.6 is 0 Å². The summed E-state index contributed by atoms with van der Waals surface area (Å²) in [5.41, 5.74) is 0.788. The number of hydrogen-bond donors (Lipinski definition) is 0. The first-order chi connectivity index (χ1) is 9.78. The minimum absolute atomic E-state index is 0.0596. The van der Waals surface area contributed by atoms with Gasteiger partial charge in [0.1, 0.15) is 0 Å². The maximum Gasteiger partial charge on any atom is 0.243 e. The molecule has 0 bridgehead atoms. The molecule has 116 valence electrons. The van der Waals surface area contributed by atoms with E-state index in [0.717, 1.165) is 19.3 Å². The first-order valence-electron chi connectivity index (χ1n) is 7.40. The number of sulfonamides is 1. The molecule has 0 saturated carbocycles. The van der Waals surface area contributed by atoms with Gasteiger partial charge in [-0.1, -0.05) is 32.4 Å². The molecule has 0 atom stereocenters. The van der Waals surface area contributed by atoms with Crippen LogP contribution in [0.25, 0.3) is 0 Å². The van der Waals surface area contributed by atoms with Crippen LogP contribution in [0.2, 0.25) is 0 Å². The van der Waals surface area contributed by atoms with E-state index >= 15 is 0 Å². The van der Waals surface area contributed by atoms with Crippen molar-refractivity contribution in [3.05, 3.63) is 29.8 Å². The van der Waals surface area contributed by atoms with Gasteiger partial charge in [0.25, 0.3) is 0 Å². The Morgan fingerprint density at radius 1 is 1.19 bits per heavy atom. The third-order valence-corrected chi connectivity index (χ3v) is 6.59. The number of ketones is 1. The molecule has 0 N–H and O–H groups in total. The summed E-state index contributed by atoms with van der Waals surface area (Å²) in [6.07, 6.45) is 2.87. The van der Waals surface area contributed by atoms with Crippen LogP contribution in [0, 0.1) is 5.41 Å². The smallest absolute Gasteiger partial charge is 0.243 e. The Kier molecular flexibility index (Phi) is 4.54. The molecule has 1 aromatic rings. The number of hydrogen-bond acceptors (Lipinski definition) is 3. The Hall–Kier alpha value is -1.20. The largest absolute Gasteiger partial charge is 0.295 e. The van der Waals surface area contributed by atoms with Crippen molar-refractivity contribution in [2.75, 3.05) is 13.1 Å². The first-order valence-corrected chi connectivity index (χ1v) is 8.84. The number of benzene rings is 1. The van der Waals surface area contributed by atoms with Crippen LogP contribution in [-0.4, -0.2) is 31.6 Å². The molecule has 1 heterocycles. The highest BCUT2D eigenvalue weighted by atomic mass is 32.2. The van der Waals surface area contributed by atoms with Crippen LogP contribution in [-0.2, 0) is 10.0 Å². The zero-order valence-electron chi connectivity index (χ0n) is 12.9. The second kappa shape index (κ2) is 5.89. The fraction of sp³-hybridized carbons (Fsp3) is 0.562. The molecule has 1 aromatic carbocycles. The third-order valence-electron chi connectivity index (χ3n) is 4.68. The molecule has 0 aromatic heterocycles. The number of carbonyl (C=O) groups is 1. The van der Waals surface area contributed by atoms with Crippen molar-refractivity contribution in [1.82, 2.24) is 4.31 Å². The standard InChI is InChI=1S/C16H23NO3S/c1-4-16(3)9-11-17(12-10-16)21(19,20)15-7-5-14(6-8-15)13(2)18/h5-8H,4,9-12H2,1-3H3. The van der Waals surface area contributed by atoms with E-state index in [-0.39, 0.29) is 16.1 Å². The second-order valence-corrected chi connectivity index (χ2v) is 8.09. The topological polar surface area (TPSA) is 54.5 Å². The highest BCUT2D eigenvalue weighted by Crippen LogP contribution is 2.35. The van der Waals surface area contributed by atoms with E-state index < -0.39 is 10.0 Å². The monoisotopic (exact) mass is 309 g/mol. The highest BCUT2D eigenvalue weighted by molar-refractivity contribution is 7.89. The zero-order chi connectivity index (χ0) is 15.7. The van der Waals surface area contributed by atoms with Crippen molar-refractivity contribution in [2.45, 2.75) is 44.9 Å². The summed E-state index contributed by atoms with van der Waals surface area (Å²) in [6.45, 7) is 6.99. The summed E-state index contributed by atoms with van der Waals surface area (Å²) in [6, 6.07) is 6.21. The van der Waals surface area contributed by atoms with Gasteiger partial charge < -0.3 is 0 Å². The van der Waals surface area contributed by atoms with Gasteiger partial charge in [-0.2, -0.15) is 4.31 Å². The Morgan fingerprint density at radius 2 is 1.71 bits per heavy atom. The van der Waals surface area contributed by atoms with Gasteiger partial charge >= 0.3 is 0 Å². The van der Waals surface area contributed by atoms with Gasteiger partial charge in [-0.3, -0.25) is 4.79 Å². The van der Waals surface area contributed by atoms with Gasteiger partial charge in [-0.05, 0) is 37.3 Å². The van der Waals surface area contributed by atoms with Crippen molar-refractivity contribution in [1.29, 1.82) is 0 Å². The lowest BCUT2D eigenvalue weighted by molar-refractivity contribution is 0.101. The lowest BCUT2D eigenvalue weighted by Gasteiger charge is -2.38. The number of piperidine rings is 1. The predicted molar refractivity (Wildman–Crippen MR) is 82.8 cm³/mol. The summed E-state index contributed by atoms with van der Waals surface area (Å²) >= 11 is 0. The summed E-state index contributed by atoms with van der Waals surface area (Å²) in [5.74, 6) is -0.0596. The van der Waals surface area contributed by atoms with Crippen LogP contribution in [0.3, 0.4) is 0 Å². The number of carbonyl (C=O) groups excluding carboxylic acids is 1. The van der Waals surface area contributed by atoms with Gasteiger partial charge in [0.05, 0.1) is 4.90 Å². The van der Waals surface area contributed by atoms with E-state index in [1.54, 1.807) is 16.4 Å². The summed E-state index contributed by atoms with van der Waals surface area (Å²) in [7, 11) is -3.44. The average molecular weight is 309 g/mol. The van der Waals surface area contributed by atoms with Gasteiger partial charge in [0.15, 0.2) is 5.78 Å². The van der Waals surface area contributed by atoms with Crippen molar-refractivity contribution >= 4 is 15.8 Å². The van der Waals surface area contributed by atoms with Crippen molar-refractivity contribution < 1.29 is 13.2 Å². The van der Waals surface area contributed by atoms with Crippen LogP contribution < -0.4 is 0 Å². The molecular weight excluding hydrogens is 286 g/mol. The maximum absolute atomic E-state index is 12.6. The van der Waals surface area contributed by atoms with E-state index in [0.29, 0.717) is 18.7 Å². The number of Topliss-reactive ketones (excluding diaryl/α,β-unsaturated/α-hetero) is 1. The molecule has 2 rings (SSSR count). The Morgan fingerprint density at radius 3 is 2.14 bits per heavy atom. The molecule has 0 radical (unpaired) electrons. The van der Waals surface area contributed by atoms with E-state index in [2.05, 4.69) is 13.8 Å². The summed E-state index contributed by atoms with van der Waals surface area (Å²) in [5, 5.41) is 0. The molecule has 1 fully saturated rings. The summed E-state index contributed by atoms with van der Waals surface area (Å²) in [4.78, 5) is 11.5.